The summed E-state index contributed by atoms with van der Waals surface area (Å²) in [7, 11) is 1.59. The van der Waals surface area contributed by atoms with Gasteiger partial charge in [-0.3, -0.25) is 15.0 Å². The third-order valence-corrected chi connectivity index (χ3v) is 1.65. The number of nitrogens with two attached hydrogens (primary N) is 2. The maximum Gasteiger partial charge on any atom is 0.320 e. The lowest BCUT2D eigenvalue weighted by Crippen LogP contribution is -2.34. The number of hydrogen-bond acceptors (Lipinski definition) is 5. The van der Waals surface area contributed by atoms with E-state index in [0.29, 0.717) is 19.4 Å². The predicted molar refractivity (Wildman–Crippen MR) is 66.3 cm³/mol. The van der Waals surface area contributed by atoms with Gasteiger partial charge in [-0.2, -0.15) is 0 Å². The Balaban J connectivity index is 0. The van der Waals surface area contributed by atoms with Crippen molar-refractivity contribution in [3.8, 4) is 0 Å². The van der Waals surface area contributed by atoms with E-state index < -0.39 is 18.0 Å². The molecule has 0 saturated heterocycles. The Hall–Kier alpha value is -1.87. The van der Waals surface area contributed by atoms with Gasteiger partial charge in [0.25, 0.3) is 0 Å². The first-order valence-electron chi connectivity index (χ1n) is 5.24. The summed E-state index contributed by atoms with van der Waals surface area (Å²) >= 11 is 0. The van der Waals surface area contributed by atoms with Crippen molar-refractivity contribution >= 4 is 17.9 Å². The number of carbonyl (C=O) groups is 2. The smallest absolute Gasteiger partial charge is 0.320 e. The zero-order valence-electron chi connectivity index (χ0n) is 10.3. The van der Waals surface area contributed by atoms with Crippen molar-refractivity contribution in [3.05, 3.63) is 0 Å². The summed E-state index contributed by atoms with van der Waals surface area (Å²) in [5.41, 5.74) is 10.2. The zero-order valence-corrected chi connectivity index (χ0v) is 10.3. The van der Waals surface area contributed by atoms with Crippen molar-refractivity contribution in [2.24, 2.45) is 11.5 Å². The van der Waals surface area contributed by atoms with Crippen molar-refractivity contribution in [3.63, 3.8) is 0 Å². The number of carboxylic acids is 2. The number of nitrogens with one attached hydrogen (secondary N) is 3. The molecule has 106 valence electrons. The summed E-state index contributed by atoms with van der Waals surface area (Å²) in [4.78, 5) is 19.8. The van der Waals surface area contributed by atoms with E-state index in [1.54, 1.807) is 7.05 Å². The highest BCUT2D eigenvalue weighted by Crippen LogP contribution is 1.92. The molecular weight excluding hydrogens is 242 g/mol. The number of aliphatic carboxylic acids is 2. The van der Waals surface area contributed by atoms with Gasteiger partial charge in [0, 0.05) is 6.54 Å². The molecule has 9 nitrogen and oxygen atoms in total. The van der Waals surface area contributed by atoms with E-state index in [9.17, 15) is 9.59 Å². The van der Waals surface area contributed by atoms with Gasteiger partial charge in [0.05, 0.1) is 6.54 Å². The van der Waals surface area contributed by atoms with Crippen LogP contribution in [0.25, 0.3) is 0 Å². The highest BCUT2D eigenvalue weighted by Gasteiger charge is 2.09. The van der Waals surface area contributed by atoms with Gasteiger partial charge >= 0.3 is 11.9 Å². The molecule has 0 radical (unpaired) electrons. The Morgan fingerprint density at radius 2 is 1.94 bits per heavy atom. The molecule has 9 heteroatoms. The standard InChI is InChI=1S/C6H14N4O2.C3H7NO2/c7-4(5(11)12)2-1-3-10-6(8)9;1-4-2-3(5)6/h4H,1-3,7H2,(H,11,12)(H4,8,9,10);4H,2H2,1H3,(H,5,6)/t4-;/m0./s1. The predicted octanol–water partition coefficient (Wildman–Crippen LogP) is -2.05. The Morgan fingerprint density at radius 1 is 1.39 bits per heavy atom. The summed E-state index contributed by atoms with van der Waals surface area (Å²) in [5, 5.41) is 28.0. The van der Waals surface area contributed by atoms with Gasteiger partial charge in [-0.05, 0) is 19.9 Å². The van der Waals surface area contributed by atoms with Gasteiger partial charge in [0.15, 0.2) is 5.96 Å². The first-order valence-corrected chi connectivity index (χ1v) is 5.24. The van der Waals surface area contributed by atoms with Crippen molar-refractivity contribution in [1.29, 1.82) is 5.41 Å². The Morgan fingerprint density at radius 3 is 2.22 bits per heavy atom. The molecule has 0 spiro atoms. The molecule has 9 N–H and O–H groups in total. The fraction of sp³-hybridized carbons (Fsp3) is 0.667. The van der Waals surface area contributed by atoms with Crippen LogP contribution < -0.4 is 22.1 Å². The number of likely N-dealkylation sites (N-methyl/N-ethyl adjacent to an activating group) is 1. The second-order valence-electron chi connectivity index (χ2n) is 3.35. The average molecular weight is 263 g/mol. The van der Waals surface area contributed by atoms with Crippen LogP contribution in [0.2, 0.25) is 0 Å². The number of rotatable bonds is 7. The van der Waals surface area contributed by atoms with Crippen LogP contribution in [-0.4, -0.2) is 54.3 Å². The van der Waals surface area contributed by atoms with E-state index in [2.05, 4.69) is 10.6 Å². The van der Waals surface area contributed by atoms with Crippen LogP contribution in [0.1, 0.15) is 12.8 Å². The molecule has 0 saturated carbocycles. The van der Waals surface area contributed by atoms with Crippen LogP contribution in [0.3, 0.4) is 0 Å². The van der Waals surface area contributed by atoms with Crippen LogP contribution in [0, 0.1) is 5.41 Å². The third kappa shape index (κ3) is 16.6. The summed E-state index contributed by atoms with van der Waals surface area (Å²) in [6.45, 7) is 0.524. The van der Waals surface area contributed by atoms with Gasteiger partial charge in [-0.15, -0.1) is 0 Å². The molecule has 0 aliphatic carbocycles. The fourth-order valence-electron chi connectivity index (χ4n) is 0.820. The molecular formula is C9H21N5O4. The van der Waals surface area contributed by atoms with Crippen LogP contribution in [0.4, 0.5) is 0 Å². The Labute approximate surface area is 105 Å². The minimum Gasteiger partial charge on any atom is -0.480 e. The minimum absolute atomic E-state index is 0.0417. The largest absolute Gasteiger partial charge is 0.480 e. The van der Waals surface area contributed by atoms with Crippen molar-refractivity contribution in [1.82, 2.24) is 10.6 Å². The quantitative estimate of drug-likeness (QED) is 0.156. The molecule has 1 atom stereocenters. The maximum atomic E-state index is 10.2. The fourth-order valence-corrected chi connectivity index (χ4v) is 0.820. The molecule has 18 heavy (non-hydrogen) atoms. The summed E-state index contributed by atoms with van der Waals surface area (Å²) in [6.07, 6.45) is 0.975. The second kappa shape index (κ2) is 11.6. The Bertz CT molecular complexity index is 272. The molecule has 0 heterocycles. The lowest BCUT2D eigenvalue weighted by molar-refractivity contribution is -0.139. The molecule has 0 aromatic heterocycles. The molecule has 0 fully saturated rings. The van der Waals surface area contributed by atoms with E-state index in [0.717, 1.165) is 0 Å². The molecule has 0 bridgehead atoms. The zero-order chi connectivity index (χ0) is 14.6. The number of guanidine groups is 1. The molecule has 0 rings (SSSR count). The van der Waals surface area contributed by atoms with Crippen molar-refractivity contribution < 1.29 is 19.8 Å². The molecule has 0 unspecified atom stereocenters. The second-order valence-corrected chi connectivity index (χ2v) is 3.35. The lowest BCUT2D eigenvalue weighted by atomic mass is 10.2. The maximum absolute atomic E-state index is 10.2. The molecule has 0 amide bonds. The van der Waals surface area contributed by atoms with Gasteiger partial charge < -0.3 is 32.3 Å². The van der Waals surface area contributed by atoms with Gasteiger partial charge in [0.2, 0.25) is 0 Å². The minimum atomic E-state index is -1.00. The molecule has 0 aromatic carbocycles. The van der Waals surface area contributed by atoms with Crippen LogP contribution in [0.5, 0.6) is 0 Å². The highest BCUT2D eigenvalue weighted by atomic mass is 16.4. The van der Waals surface area contributed by atoms with Crippen LogP contribution >= 0.6 is 0 Å². The summed E-state index contributed by atoms with van der Waals surface area (Å²) < 4.78 is 0. The van der Waals surface area contributed by atoms with E-state index in [4.69, 9.17) is 27.1 Å². The number of carboxylic acid groups (broad SMARTS) is 2. The van der Waals surface area contributed by atoms with Gasteiger partial charge in [0.1, 0.15) is 6.04 Å². The molecule has 0 aliphatic rings. The van der Waals surface area contributed by atoms with Crippen LogP contribution in [0.15, 0.2) is 0 Å². The van der Waals surface area contributed by atoms with E-state index in [-0.39, 0.29) is 12.5 Å². The van der Waals surface area contributed by atoms with Crippen molar-refractivity contribution in [2.45, 2.75) is 18.9 Å². The van der Waals surface area contributed by atoms with E-state index >= 15 is 0 Å². The highest BCUT2D eigenvalue weighted by molar-refractivity contribution is 5.74. The summed E-state index contributed by atoms with van der Waals surface area (Å²) in [5.74, 6) is -1.94. The van der Waals surface area contributed by atoms with E-state index in [1.165, 1.54) is 0 Å². The topological polar surface area (TPSA) is 175 Å². The SMILES string of the molecule is CNCC(=O)O.N=C(N)NCCC[C@H](N)C(=O)O. The van der Waals surface area contributed by atoms with Gasteiger partial charge in [-0.25, -0.2) is 0 Å². The van der Waals surface area contributed by atoms with Crippen LogP contribution in [-0.2, 0) is 9.59 Å². The van der Waals surface area contributed by atoms with Gasteiger partial charge in [-0.1, -0.05) is 0 Å². The third-order valence-electron chi connectivity index (χ3n) is 1.65. The monoisotopic (exact) mass is 263 g/mol. The first kappa shape index (κ1) is 18.5. The Kier molecular flexibility index (Phi) is 11.9. The van der Waals surface area contributed by atoms with E-state index in [1.807, 2.05) is 0 Å². The lowest BCUT2D eigenvalue weighted by Gasteiger charge is -2.06. The molecule has 0 aromatic rings. The normalized spacial score (nSPS) is 10.8. The average Bonchev–Trinajstić information content (AvgIpc) is 2.24. The van der Waals surface area contributed by atoms with Crippen molar-refractivity contribution in [2.75, 3.05) is 20.1 Å². The summed E-state index contributed by atoms with van der Waals surface area (Å²) in [6, 6.07) is -0.821. The molecule has 0 aliphatic heterocycles. The first-order chi connectivity index (χ1) is 8.31. The number of hydrogen-bond donors (Lipinski definition) is 7.